The van der Waals surface area contributed by atoms with Gasteiger partial charge < -0.3 is 15.5 Å². The molecule has 1 aromatic rings. The second-order valence-electron chi connectivity index (χ2n) is 4.91. The van der Waals surface area contributed by atoms with Crippen LogP contribution in [0.4, 0.5) is 4.39 Å². The Morgan fingerprint density at radius 1 is 1.09 bits per heavy atom. The Morgan fingerprint density at radius 3 is 2.36 bits per heavy atom. The third-order valence-corrected chi connectivity index (χ3v) is 3.43. The van der Waals surface area contributed by atoms with Gasteiger partial charge in [0.15, 0.2) is 0 Å². The van der Waals surface area contributed by atoms with Crippen LogP contribution in [0, 0.1) is 5.82 Å². The third kappa shape index (κ3) is 6.22. The van der Waals surface area contributed by atoms with Crippen molar-refractivity contribution in [2.24, 2.45) is 0 Å². The summed E-state index contributed by atoms with van der Waals surface area (Å²) in [6.45, 7) is 7.42. The highest BCUT2D eigenvalue weighted by Gasteiger charge is 2.13. The number of amides is 2. The molecule has 0 aliphatic carbocycles. The average Bonchev–Trinajstić information content (AvgIpc) is 2.53. The van der Waals surface area contributed by atoms with Crippen molar-refractivity contribution in [2.75, 3.05) is 26.2 Å². The topological polar surface area (TPSA) is 61.4 Å². The molecule has 0 aromatic heterocycles. The zero-order valence-corrected chi connectivity index (χ0v) is 13.2. The van der Waals surface area contributed by atoms with Gasteiger partial charge in [0, 0.05) is 18.7 Å². The lowest BCUT2D eigenvalue weighted by atomic mass is 10.2. The Labute approximate surface area is 130 Å². The molecule has 0 aliphatic rings. The molecule has 2 amide bonds. The molecule has 0 radical (unpaired) electrons. The molecule has 2 N–H and O–H groups in total. The van der Waals surface area contributed by atoms with Crippen molar-refractivity contribution in [3.8, 4) is 0 Å². The van der Waals surface area contributed by atoms with E-state index in [-0.39, 0.29) is 6.54 Å². The second-order valence-corrected chi connectivity index (χ2v) is 4.91. The van der Waals surface area contributed by atoms with Gasteiger partial charge in [0.2, 0.25) is 0 Å². The van der Waals surface area contributed by atoms with Crippen molar-refractivity contribution < 1.29 is 14.0 Å². The summed E-state index contributed by atoms with van der Waals surface area (Å²) in [6.07, 6.45) is 0.786. The normalized spacial score (nSPS) is 10.5. The average molecular weight is 309 g/mol. The van der Waals surface area contributed by atoms with E-state index in [0.29, 0.717) is 12.1 Å². The van der Waals surface area contributed by atoms with Crippen molar-refractivity contribution in [3.05, 3.63) is 35.6 Å². The van der Waals surface area contributed by atoms with Crippen molar-refractivity contribution >= 4 is 11.8 Å². The minimum absolute atomic E-state index is 0.00161. The molecule has 0 aliphatic heterocycles. The minimum atomic E-state index is -0.744. The summed E-state index contributed by atoms with van der Waals surface area (Å²) in [4.78, 5) is 25.5. The summed E-state index contributed by atoms with van der Waals surface area (Å²) in [5.74, 6) is -1.83. The maximum atomic E-state index is 13.4. The monoisotopic (exact) mass is 309 g/mol. The van der Waals surface area contributed by atoms with Gasteiger partial charge in [-0.3, -0.25) is 9.59 Å². The van der Waals surface area contributed by atoms with E-state index in [0.717, 1.165) is 26.1 Å². The van der Waals surface area contributed by atoms with Crippen LogP contribution in [0.25, 0.3) is 0 Å². The molecule has 0 saturated heterocycles. The van der Waals surface area contributed by atoms with Crippen LogP contribution in [0.2, 0.25) is 0 Å². The molecule has 0 spiro atoms. The van der Waals surface area contributed by atoms with Gasteiger partial charge in [-0.05, 0) is 32.1 Å². The molecule has 5 nitrogen and oxygen atoms in total. The van der Waals surface area contributed by atoms with Crippen LogP contribution in [0.5, 0.6) is 0 Å². The fraction of sp³-hybridized carbons (Fsp3) is 0.500. The van der Waals surface area contributed by atoms with Gasteiger partial charge in [-0.25, -0.2) is 4.39 Å². The summed E-state index contributed by atoms with van der Waals surface area (Å²) in [6, 6.07) is 6.13. The number of rotatable bonds is 8. The van der Waals surface area contributed by atoms with Crippen LogP contribution < -0.4 is 10.6 Å². The van der Waals surface area contributed by atoms with Gasteiger partial charge >= 0.3 is 11.8 Å². The highest BCUT2D eigenvalue weighted by Crippen LogP contribution is 2.05. The predicted octanol–water partition coefficient (Wildman–Crippen LogP) is 1.29. The molecule has 122 valence electrons. The number of carbonyl (C=O) groups is 2. The Morgan fingerprint density at radius 2 is 1.73 bits per heavy atom. The summed E-state index contributed by atoms with van der Waals surface area (Å²) in [5.41, 5.74) is 0.352. The van der Waals surface area contributed by atoms with Crippen LogP contribution in [0.3, 0.4) is 0 Å². The van der Waals surface area contributed by atoms with Gasteiger partial charge in [-0.15, -0.1) is 0 Å². The molecular weight excluding hydrogens is 285 g/mol. The number of benzene rings is 1. The van der Waals surface area contributed by atoms with E-state index >= 15 is 0 Å². The lowest BCUT2D eigenvalue weighted by Crippen LogP contribution is -2.40. The van der Waals surface area contributed by atoms with Crippen molar-refractivity contribution in [1.82, 2.24) is 15.5 Å². The van der Waals surface area contributed by atoms with E-state index in [9.17, 15) is 14.0 Å². The Bertz CT molecular complexity index is 490. The second kappa shape index (κ2) is 9.89. The Balaban J connectivity index is 2.25. The molecule has 6 heteroatoms. The predicted molar refractivity (Wildman–Crippen MR) is 83.7 cm³/mol. The first-order valence-electron chi connectivity index (χ1n) is 7.60. The summed E-state index contributed by atoms with van der Waals surface area (Å²) in [5, 5.41) is 4.98. The zero-order chi connectivity index (χ0) is 16.4. The third-order valence-electron chi connectivity index (χ3n) is 3.43. The van der Waals surface area contributed by atoms with Gasteiger partial charge in [-0.2, -0.15) is 0 Å². The summed E-state index contributed by atoms with van der Waals surface area (Å²) in [7, 11) is 0. The van der Waals surface area contributed by atoms with Crippen LogP contribution in [0.15, 0.2) is 24.3 Å². The smallest absolute Gasteiger partial charge is 0.309 e. The number of hydrogen-bond acceptors (Lipinski definition) is 3. The Kier molecular flexibility index (Phi) is 8.14. The fourth-order valence-electron chi connectivity index (χ4n) is 2.02. The first-order chi connectivity index (χ1) is 10.6. The molecule has 1 rings (SSSR count). The van der Waals surface area contributed by atoms with Gasteiger partial charge in [0.1, 0.15) is 5.82 Å². The maximum Gasteiger partial charge on any atom is 0.309 e. The molecule has 0 atom stereocenters. The van der Waals surface area contributed by atoms with Gasteiger partial charge in [-0.1, -0.05) is 32.0 Å². The fourth-order valence-corrected chi connectivity index (χ4v) is 2.02. The molecule has 0 fully saturated rings. The van der Waals surface area contributed by atoms with E-state index in [1.54, 1.807) is 18.2 Å². The highest BCUT2D eigenvalue weighted by atomic mass is 19.1. The molecule has 1 aromatic carbocycles. The van der Waals surface area contributed by atoms with Crippen LogP contribution in [0.1, 0.15) is 25.8 Å². The number of hydrogen-bond donors (Lipinski definition) is 2. The quantitative estimate of drug-likeness (QED) is 0.562. The number of nitrogens with zero attached hydrogens (tertiary/aromatic N) is 1. The maximum absolute atomic E-state index is 13.4. The molecule has 0 bridgehead atoms. The molecule has 22 heavy (non-hydrogen) atoms. The Hall–Kier alpha value is -1.95. The van der Waals surface area contributed by atoms with E-state index in [2.05, 4.69) is 29.4 Å². The first kappa shape index (κ1) is 18.1. The number of carbonyl (C=O) groups excluding carboxylic acids is 2. The standard InChI is InChI=1S/C16H24FN3O2/c1-3-20(4-2)11-7-10-18-15(21)16(22)19-12-13-8-5-6-9-14(13)17/h5-6,8-9H,3-4,7,10-12H2,1-2H3,(H,18,21)(H,19,22). The van der Waals surface area contributed by atoms with Crippen LogP contribution in [-0.4, -0.2) is 42.9 Å². The van der Waals surface area contributed by atoms with Crippen molar-refractivity contribution in [1.29, 1.82) is 0 Å². The lowest BCUT2D eigenvalue weighted by Gasteiger charge is -2.17. The molecular formula is C16H24FN3O2. The number of halogens is 1. The minimum Gasteiger partial charge on any atom is -0.348 e. The van der Waals surface area contributed by atoms with Gasteiger partial charge in [0.05, 0.1) is 0 Å². The van der Waals surface area contributed by atoms with Crippen LogP contribution in [-0.2, 0) is 16.1 Å². The van der Waals surface area contributed by atoms with E-state index in [4.69, 9.17) is 0 Å². The van der Waals surface area contributed by atoms with Crippen LogP contribution >= 0.6 is 0 Å². The van der Waals surface area contributed by atoms with Gasteiger partial charge in [0.25, 0.3) is 0 Å². The zero-order valence-electron chi connectivity index (χ0n) is 13.2. The molecule has 0 saturated carbocycles. The van der Waals surface area contributed by atoms with E-state index < -0.39 is 17.6 Å². The molecule has 0 heterocycles. The van der Waals surface area contributed by atoms with E-state index in [1.807, 2.05) is 0 Å². The summed E-state index contributed by atoms with van der Waals surface area (Å²) >= 11 is 0. The first-order valence-corrected chi connectivity index (χ1v) is 7.60. The molecule has 0 unspecified atom stereocenters. The summed E-state index contributed by atoms with van der Waals surface area (Å²) < 4.78 is 13.4. The lowest BCUT2D eigenvalue weighted by molar-refractivity contribution is -0.139. The SMILES string of the molecule is CCN(CC)CCCNC(=O)C(=O)NCc1ccccc1F. The van der Waals surface area contributed by atoms with Crippen molar-refractivity contribution in [3.63, 3.8) is 0 Å². The largest absolute Gasteiger partial charge is 0.348 e. The van der Waals surface area contributed by atoms with E-state index in [1.165, 1.54) is 6.07 Å². The van der Waals surface area contributed by atoms with Crippen molar-refractivity contribution in [2.45, 2.75) is 26.8 Å². The number of nitrogens with one attached hydrogen (secondary N) is 2. The highest BCUT2D eigenvalue weighted by molar-refractivity contribution is 6.35.